The smallest absolute Gasteiger partial charge is 0.287 e. The van der Waals surface area contributed by atoms with Crippen molar-refractivity contribution in [2.45, 2.75) is 19.5 Å². The molecular weight excluding hydrogens is 348 g/mol. The van der Waals surface area contributed by atoms with Crippen molar-refractivity contribution in [1.29, 1.82) is 0 Å². The van der Waals surface area contributed by atoms with Gasteiger partial charge < -0.3 is 15.0 Å². The Labute approximate surface area is 166 Å². The number of hydrogen-bond donors (Lipinski definition) is 2. The van der Waals surface area contributed by atoms with E-state index in [1.54, 1.807) is 0 Å². The SMILES string of the molecule is CCOc1ccccc1NC(=O)[C@H](c1ccccc1)[NH+](C)Cc1ccccc1. The zero-order valence-electron chi connectivity index (χ0n) is 16.4. The zero-order valence-corrected chi connectivity index (χ0v) is 16.4. The van der Waals surface area contributed by atoms with E-state index in [1.807, 2.05) is 79.7 Å². The lowest BCUT2D eigenvalue weighted by Gasteiger charge is -2.25. The minimum absolute atomic E-state index is 0.0493. The number of benzene rings is 3. The fourth-order valence-corrected chi connectivity index (χ4v) is 3.38. The molecule has 0 spiro atoms. The van der Waals surface area contributed by atoms with Gasteiger partial charge in [0.2, 0.25) is 0 Å². The Bertz CT molecular complexity index is 881. The van der Waals surface area contributed by atoms with Gasteiger partial charge in [-0.05, 0) is 19.1 Å². The van der Waals surface area contributed by atoms with E-state index >= 15 is 0 Å². The summed E-state index contributed by atoms with van der Waals surface area (Å²) < 4.78 is 5.66. The Hall–Kier alpha value is -3.11. The molecule has 28 heavy (non-hydrogen) atoms. The van der Waals surface area contributed by atoms with Crippen molar-refractivity contribution in [2.24, 2.45) is 0 Å². The molecule has 0 fully saturated rings. The highest BCUT2D eigenvalue weighted by atomic mass is 16.5. The Morgan fingerprint density at radius 2 is 1.54 bits per heavy atom. The Balaban J connectivity index is 1.85. The third-order valence-electron chi connectivity index (χ3n) is 4.66. The molecule has 1 unspecified atom stereocenters. The average molecular weight is 375 g/mol. The fourth-order valence-electron chi connectivity index (χ4n) is 3.38. The second-order valence-electron chi connectivity index (χ2n) is 6.77. The number of carbonyl (C=O) groups excluding carboxylic acids is 1. The maximum atomic E-state index is 13.3. The molecule has 0 aliphatic rings. The number of nitrogens with one attached hydrogen (secondary N) is 2. The first-order valence-electron chi connectivity index (χ1n) is 9.63. The van der Waals surface area contributed by atoms with Gasteiger partial charge in [0.05, 0.1) is 19.3 Å². The fraction of sp³-hybridized carbons (Fsp3) is 0.208. The van der Waals surface area contributed by atoms with Gasteiger partial charge in [-0.15, -0.1) is 0 Å². The highest BCUT2D eigenvalue weighted by Gasteiger charge is 2.29. The minimum Gasteiger partial charge on any atom is -0.492 e. The van der Waals surface area contributed by atoms with Crippen LogP contribution in [0.3, 0.4) is 0 Å². The summed E-state index contributed by atoms with van der Waals surface area (Å²) in [7, 11) is 2.05. The minimum atomic E-state index is -0.337. The van der Waals surface area contributed by atoms with Gasteiger partial charge in [-0.2, -0.15) is 0 Å². The van der Waals surface area contributed by atoms with E-state index < -0.39 is 0 Å². The highest BCUT2D eigenvalue weighted by molar-refractivity contribution is 5.95. The first-order valence-corrected chi connectivity index (χ1v) is 9.63. The molecule has 0 aliphatic heterocycles. The topological polar surface area (TPSA) is 42.8 Å². The highest BCUT2D eigenvalue weighted by Crippen LogP contribution is 2.25. The zero-order chi connectivity index (χ0) is 19.8. The molecule has 1 amide bonds. The molecule has 2 N–H and O–H groups in total. The third kappa shape index (κ3) is 4.99. The summed E-state index contributed by atoms with van der Waals surface area (Å²) >= 11 is 0. The monoisotopic (exact) mass is 375 g/mol. The summed E-state index contributed by atoms with van der Waals surface area (Å²) in [4.78, 5) is 14.4. The standard InChI is InChI=1S/C24H26N2O2/c1-3-28-22-17-11-10-16-21(22)25-24(27)23(20-14-8-5-9-15-20)26(2)18-19-12-6-4-7-13-19/h4-17,23H,3,18H2,1-2H3,(H,25,27)/p+1/t23-/m0/s1. The van der Waals surface area contributed by atoms with Crippen LogP contribution in [-0.2, 0) is 11.3 Å². The van der Waals surface area contributed by atoms with Crippen LogP contribution in [0.2, 0.25) is 0 Å². The second-order valence-corrected chi connectivity index (χ2v) is 6.77. The van der Waals surface area contributed by atoms with Crippen LogP contribution in [0.4, 0.5) is 5.69 Å². The largest absolute Gasteiger partial charge is 0.492 e. The number of hydrogen-bond acceptors (Lipinski definition) is 2. The molecule has 4 heteroatoms. The number of carbonyl (C=O) groups is 1. The van der Waals surface area contributed by atoms with Gasteiger partial charge >= 0.3 is 0 Å². The van der Waals surface area contributed by atoms with Crippen molar-refractivity contribution in [3.63, 3.8) is 0 Å². The summed E-state index contributed by atoms with van der Waals surface area (Å²) in [6.45, 7) is 3.23. The van der Waals surface area contributed by atoms with E-state index in [-0.39, 0.29) is 11.9 Å². The maximum Gasteiger partial charge on any atom is 0.287 e. The number of quaternary nitrogens is 1. The van der Waals surface area contributed by atoms with E-state index in [2.05, 4.69) is 24.5 Å². The van der Waals surface area contributed by atoms with Gasteiger partial charge in [0, 0.05) is 11.1 Å². The van der Waals surface area contributed by atoms with Crippen LogP contribution in [0, 0.1) is 0 Å². The van der Waals surface area contributed by atoms with Crippen LogP contribution in [0.5, 0.6) is 5.75 Å². The van der Waals surface area contributed by atoms with E-state index in [0.29, 0.717) is 18.0 Å². The molecule has 0 bridgehead atoms. The molecule has 0 aliphatic carbocycles. The van der Waals surface area contributed by atoms with E-state index in [4.69, 9.17) is 4.74 Å². The van der Waals surface area contributed by atoms with E-state index in [9.17, 15) is 4.79 Å². The molecule has 2 atom stereocenters. The van der Waals surface area contributed by atoms with Crippen LogP contribution < -0.4 is 15.0 Å². The molecule has 3 aromatic rings. The number of para-hydroxylation sites is 2. The van der Waals surface area contributed by atoms with Crippen molar-refractivity contribution in [3.05, 3.63) is 96.1 Å². The molecule has 4 nitrogen and oxygen atoms in total. The first-order chi connectivity index (χ1) is 13.7. The van der Waals surface area contributed by atoms with Gasteiger partial charge in [0.1, 0.15) is 12.3 Å². The molecule has 0 radical (unpaired) electrons. The van der Waals surface area contributed by atoms with Gasteiger partial charge in [-0.25, -0.2) is 0 Å². The van der Waals surface area contributed by atoms with Crippen molar-refractivity contribution < 1.29 is 14.4 Å². The summed E-state index contributed by atoms with van der Waals surface area (Å²) in [5, 5.41) is 3.08. The van der Waals surface area contributed by atoms with Crippen molar-refractivity contribution >= 4 is 11.6 Å². The molecule has 0 aromatic heterocycles. The van der Waals surface area contributed by atoms with Crippen LogP contribution in [-0.4, -0.2) is 19.6 Å². The summed E-state index contributed by atoms with van der Waals surface area (Å²) in [6, 6.07) is 27.4. The lowest BCUT2D eigenvalue weighted by Crippen LogP contribution is -3.09. The normalized spacial score (nSPS) is 12.8. The molecule has 0 saturated heterocycles. The average Bonchev–Trinajstić information content (AvgIpc) is 2.71. The Morgan fingerprint density at radius 1 is 0.929 bits per heavy atom. The van der Waals surface area contributed by atoms with Crippen LogP contribution >= 0.6 is 0 Å². The predicted octanol–water partition coefficient (Wildman–Crippen LogP) is 3.48. The molecule has 144 valence electrons. The Morgan fingerprint density at radius 3 is 2.21 bits per heavy atom. The lowest BCUT2D eigenvalue weighted by molar-refractivity contribution is -0.915. The van der Waals surface area contributed by atoms with Crippen molar-refractivity contribution in [3.8, 4) is 5.75 Å². The summed E-state index contributed by atoms with van der Waals surface area (Å²) in [5.74, 6) is 0.637. The molecular formula is C24H27N2O2+. The Kier molecular flexibility index (Phi) is 6.82. The molecule has 3 rings (SSSR count). The van der Waals surface area contributed by atoms with Crippen LogP contribution in [0.1, 0.15) is 24.1 Å². The number of amides is 1. The van der Waals surface area contributed by atoms with Crippen LogP contribution in [0.25, 0.3) is 0 Å². The maximum absolute atomic E-state index is 13.3. The molecule has 0 heterocycles. The lowest BCUT2D eigenvalue weighted by atomic mass is 10.0. The van der Waals surface area contributed by atoms with Crippen molar-refractivity contribution in [2.75, 3.05) is 19.0 Å². The predicted molar refractivity (Wildman–Crippen MR) is 112 cm³/mol. The van der Waals surface area contributed by atoms with Gasteiger partial charge in [0.15, 0.2) is 6.04 Å². The van der Waals surface area contributed by atoms with E-state index in [1.165, 1.54) is 5.56 Å². The summed E-state index contributed by atoms with van der Waals surface area (Å²) in [6.07, 6.45) is 0. The van der Waals surface area contributed by atoms with E-state index in [0.717, 1.165) is 17.0 Å². The number of ether oxygens (including phenoxy) is 1. The van der Waals surface area contributed by atoms with Crippen molar-refractivity contribution in [1.82, 2.24) is 0 Å². The number of rotatable bonds is 8. The second kappa shape index (κ2) is 9.72. The molecule has 3 aromatic carbocycles. The van der Waals surface area contributed by atoms with Gasteiger partial charge in [-0.3, -0.25) is 4.79 Å². The van der Waals surface area contributed by atoms with Gasteiger partial charge in [0.25, 0.3) is 5.91 Å². The third-order valence-corrected chi connectivity index (χ3v) is 4.66. The number of likely N-dealkylation sites (N-methyl/N-ethyl adjacent to an activating group) is 1. The number of anilines is 1. The van der Waals surface area contributed by atoms with Crippen LogP contribution in [0.15, 0.2) is 84.9 Å². The summed E-state index contributed by atoms with van der Waals surface area (Å²) in [5.41, 5.74) is 2.88. The quantitative estimate of drug-likeness (QED) is 0.633. The van der Waals surface area contributed by atoms with Gasteiger partial charge in [-0.1, -0.05) is 72.8 Å². The molecule has 0 saturated carbocycles. The first kappa shape index (κ1) is 19.6.